The van der Waals surface area contributed by atoms with Gasteiger partial charge >= 0.3 is 0 Å². The monoisotopic (exact) mass is 230 g/mol. The zero-order valence-electron chi connectivity index (χ0n) is 9.22. The molecule has 0 N–H and O–H groups in total. The lowest BCUT2D eigenvalue weighted by Gasteiger charge is -2.16. The van der Waals surface area contributed by atoms with Crippen LogP contribution >= 0.6 is 22.9 Å². The second kappa shape index (κ2) is 5.77. The summed E-state index contributed by atoms with van der Waals surface area (Å²) in [4.78, 5) is 2.97. The number of thiophene rings is 1. The number of aryl methyl sites for hydroxylation is 1. The van der Waals surface area contributed by atoms with Crippen molar-refractivity contribution in [3.8, 4) is 0 Å². The summed E-state index contributed by atoms with van der Waals surface area (Å²) in [6.07, 6.45) is 2.30. The van der Waals surface area contributed by atoms with Crippen LogP contribution in [-0.2, 0) is 12.8 Å². The first-order valence-electron chi connectivity index (χ1n) is 5.30. The Labute approximate surface area is 96.3 Å². The van der Waals surface area contributed by atoms with Gasteiger partial charge in [-0.05, 0) is 36.8 Å². The van der Waals surface area contributed by atoms with Crippen LogP contribution in [0, 0.1) is 11.8 Å². The van der Waals surface area contributed by atoms with Crippen molar-refractivity contribution in [2.75, 3.05) is 5.88 Å². The maximum atomic E-state index is 5.96. The average molecular weight is 231 g/mol. The van der Waals surface area contributed by atoms with Gasteiger partial charge in [0.2, 0.25) is 0 Å². The van der Waals surface area contributed by atoms with Crippen LogP contribution in [0.2, 0.25) is 0 Å². The van der Waals surface area contributed by atoms with Crippen molar-refractivity contribution in [2.24, 2.45) is 11.8 Å². The summed E-state index contributed by atoms with van der Waals surface area (Å²) >= 11 is 7.89. The third kappa shape index (κ3) is 3.29. The Kier molecular flexibility index (Phi) is 4.97. The third-order valence-corrected chi connectivity index (χ3v) is 4.32. The molecule has 0 radical (unpaired) electrons. The minimum absolute atomic E-state index is 0.625. The van der Waals surface area contributed by atoms with E-state index in [0.29, 0.717) is 11.8 Å². The summed E-state index contributed by atoms with van der Waals surface area (Å²) in [5, 5.41) is 0. The minimum atomic E-state index is 0.625. The first kappa shape index (κ1) is 12.1. The molecular weight excluding hydrogens is 212 g/mol. The Morgan fingerprint density at radius 2 is 1.93 bits per heavy atom. The lowest BCUT2D eigenvalue weighted by atomic mass is 9.94. The highest BCUT2D eigenvalue weighted by atomic mass is 35.5. The van der Waals surface area contributed by atoms with Gasteiger partial charge in [-0.25, -0.2) is 0 Å². The predicted molar refractivity (Wildman–Crippen MR) is 66.4 cm³/mol. The fraction of sp³-hybridized carbons (Fsp3) is 0.667. The third-order valence-electron chi connectivity index (χ3n) is 2.67. The van der Waals surface area contributed by atoms with Crippen LogP contribution in [-0.4, -0.2) is 5.88 Å². The van der Waals surface area contributed by atoms with Gasteiger partial charge in [0.05, 0.1) is 0 Å². The Morgan fingerprint density at radius 1 is 1.29 bits per heavy atom. The first-order valence-corrected chi connectivity index (χ1v) is 6.66. The van der Waals surface area contributed by atoms with E-state index >= 15 is 0 Å². The maximum Gasteiger partial charge on any atom is 0.0257 e. The van der Waals surface area contributed by atoms with Gasteiger partial charge in [0, 0.05) is 15.6 Å². The molecule has 1 aromatic heterocycles. The SMILES string of the molecule is CCc1ccc(CC(CCl)C(C)C)s1. The number of halogens is 1. The molecule has 0 saturated heterocycles. The molecule has 0 aliphatic rings. The van der Waals surface area contributed by atoms with Gasteiger partial charge in [-0.15, -0.1) is 22.9 Å². The summed E-state index contributed by atoms with van der Waals surface area (Å²) in [6, 6.07) is 4.50. The van der Waals surface area contributed by atoms with Crippen molar-refractivity contribution >= 4 is 22.9 Å². The minimum Gasteiger partial charge on any atom is -0.145 e. The molecule has 0 amide bonds. The van der Waals surface area contributed by atoms with Crippen molar-refractivity contribution < 1.29 is 0 Å². The molecule has 1 rings (SSSR count). The van der Waals surface area contributed by atoms with E-state index in [1.165, 1.54) is 9.75 Å². The molecule has 0 aliphatic carbocycles. The summed E-state index contributed by atoms with van der Waals surface area (Å²) < 4.78 is 0. The molecule has 0 nitrogen and oxygen atoms in total. The Morgan fingerprint density at radius 3 is 2.36 bits per heavy atom. The Bertz CT molecular complexity index is 265. The van der Waals surface area contributed by atoms with Gasteiger partial charge < -0.3 is 0 Å². The zero-order valence-corrected chi connectivity index (χ0v) is 10.8. The van der Waals surface area contributed by atoms with Crippen LogP contribution in [0.1, 0.15) is 30.5 Å². The number of rotatable bonds is 5. The molecule has 0 spiro atoms. The van der Waals surface area contributed by atoms with E-state index in [4.69, 9.17) is 11.6 Å². The molecule has 1 aromatic rings. The molecule has 0 aromatic carbocycles. The van der Waals surface area contributed by atoms with Crippen molar-refractivity contribution in [2.45, 2.75) is 33.6 Å². The van der Waals surface area contributed by atoms with Gasteiger partial charge in [0.1, 0.15) is 0 Å². The van der Waals surface area contributed by atoms with Crippen molar-refractivity contribution in [3.63, 3.8) is 0 Å². The molecule has 0 aliphatic heterocycles. The molecule has 14 heavy (non-hydrogen) atoms. The largest absolute Gasteiger partial charge is 0.145 e. The molecule has 0 fully saturated rings. The molecule has 1 unspecified atom stereocenters. The van der Waals surface area contributed by atoms with Crippen LogP contribution in [0.25, 0.3) is 0 Å². The van der Waals surface area contributed by atoms with Gasteiger partial charge in [0.15, 0.2) is 0 Å². The first-order chi connectivity index (χ1) is 6.67. The van der Waals surface area contributed by atoms with E-state index in [9.17, 15) is 0 Å². The van der Waals surface area contributed by atoms with Crippen molar-refractivity contribution in [1.29, 1.82) is 0 Å². The van der Waals surface area contributed by atoms with E-state index in [0.717, 1.165) is 18.7 Å². The lowest BCUT2D eigenvalue weighted by molar-refractivity contribution is 0.425. The van der Waals surface area contributed by atoms with E-state index in [2.05, 4.69) is 32.9 Å². The smallest absolute Gasteiger partial charge is 0.0257 e. The topological polar surface area (TPSA) is 0 Å². The van der Waals surface area contributed by atoms with Crippen LogP contribution in [0.5, 0.6) is 0 Å². The summed E-state index contributed by atoms with van der Waals surface area (Å²) in [6.45, 7) is 6.71. The second-order valence-electron chi connectivity index (χ2n) is 4.08. The van der Waals surface area contributed by atoms with E-state index in [1.54, 1.807) is 0 Å². The molecule has 2 heteroatoms. The highest BCUT2D eigenvalue weighted by Gasteiger charge is 2.13. The highest BCUT2D eigenvalue weighted by molar-refractivity contribution is 7.11. The standard InChI is InChI=1S/C12H19ClS/c1-4-11-5-6-12(14-11)7-10(8-13)9(2)3/h5-6,9-10H,4,7-8H2,1-3H3. The molecule has 80 valence electrons. The van der Waals surface area contributed by atoms with Crippen LogP contribution < -0.4 is 0 Å². The van der Waals surface area contributed by atoms with E-state index in [-0.39, 0.29) is 0 Å². The molecule has 1 heterocycles. The summed E-state index contributed by atoms with van der Waals surface area (Å²) in [7, 11) is 0. The van der Waals surface area contributed by atoms with E-state index < -0.39 is 0 Å². The van der Waals surface area contributed by atoms with Crippen LogP contribution in [0.3, 0.4) is 0 Å². The van der Waals surface area contributed by atoms with Gasteiger partial charge in [0.25, 0.3) is 0 Å². The predicted octanol–water partition coefficient (Wildman–Crippen LogP) is 4.36. The summed E-state index contributed by atoms with van der Waals surface area (Å²) in [5.41, 5.74) is 0. The number of hydrogen-bond donors (Lipinski definition) is 0. The fourth-order valence-corrected chi connectivity index (χ4v) is 2.97. The molecule has 1 atom stereocenters. The van der Waals surface area contributed by atoms with Crippen LogP contribution in [0.15, 0.2) is 12.1 Å². The maximum absolute atomic E-state index is 5.96. The number of hydrogen-bond acceptors (Lipinski definition) is 1. The second-order valence-corrected chi connectivity index (χ2v) is 5.65. The van der Waals surface area contributed by atoms with Gasteiger partial charge in [-0.2, -0.15) is 0 Å². The Balaban J connectivity index is 2.57. The molecular formula is C12H19ClS. The highest BCUT2D eigenvalue weighted by Crippen LogP contribution is 2.24. The van der Waals surface area contributed by atoms with E-state index in [1.807, 2.05) is 11.3 Å². The van der Waals surface area contributed by atoms with Crippen molar-refractivity contribution in [3.05, 3.63) is 21.9 Å². The van der Waals surface area contributed by atoms with Crippen molar-refractivity contribution in [1.82, 2.24) is 0 Å². The number of alkyl halides is 1. The Hall–Kier alpha value is -0.0100. The molecule has 0 saturated carbocycles. The average Bonchev–Trinajstić information content (AvgIpc) is 2.61. The normalized spacial score (nSPS) is 13.5. The molecule has 0 bridgehead atoms. The van der Waals surface area contributed by atoms with Gasteiger partial charge in [-0.1, -0.05) is 20.8 Å². The quantitative estimate of drug-likeness (QED) is 0.660. The fourth-order valence-electron chi connectivity index (χ4n) is 1.45. The summed E-state index contributed by atoms with van der Waals surface area (Å²) in [5.74, 6) is 2.08. The lowest BCUT2D eigenvalue weighted by Crippen LogP contribution is -2.12. The van der Waals surface area contributed by atoms with Gasteiger partial charge in [-0.3, -0.25) is 0 Å². The zero-order chi connectivity index (χ0) is 10.6. The van der Waals surface area contributed by atoms with Crippen LogP contribution in [0.4, 0.5) is 0 Å².